The molecule has 1 amide bonds. The van der Waals surface area contributed by atoms with Gasteiger partial charge >= 0.3 is 0 Å². The van der Waals surface area contributed by atoms with Crippen LogP contribution in [0.4, 0.5) is 0 Å². The lowest BCUT2D eigenvalue weighted by Crippen LogP contribution is -2.51. The van der Waals surface area contributed by atoms with Gasteiger partial charge in [-0.2, -0.15) is 0 Å². The number of nitrogens with one attached hydrogen (secondary N) is 1. The predicted molar refractivity (Wildman–Crippen MR) is 92.1 cm³/mol. The normalized spacial score (nSPS) is 36.7. The molecule has 0 atom stereocenters. The number of amides is 1. The summed E-state index contributed by atoms with van der Waals surface area (Å²) in [5.74, 6) is 2.95. The molecule has 112 valence electrons. The SMILES string of the molecule is O=C(NCC12CC3CC(CC(C3)C1)C2)c1ccccc1I. The molecule has 0 unspecified atom stereocenters. The van der Waals surface area contributed by atoms with Gasteiger partial charge in [-0.05, 0) is 96.4 Å². The molecule has 1 N–H and O–H groups in total. The highest BCUT2D eigenvalue weighted by molar-refractivity contribution is 14.1. The highest BCUT2D eigenvalue weighted by Gasteiger charge is 2.50. The summed E-state index contributed by atoms with van der Waals surface area (Å²) in [4.78, 5) is 12.4. The number of rotatable bonds is 3. The molecule has 4 aliphatic carbocycles. The van der Waals surface area contributed by atoms with Gasteiger partial charge in [-0.15, -0.1) is 0 Å². The first kappa shape index (κ1) is 14.0. The zero-order valence-electron chi connectivity index (χ0n) is 12.3. The van der Waals surface area contributed by atoms with Gasteiger partial charge in [0.1, 0.15) is 0 Å². The van der Waals surface area contributed by atoms with Gasteiger partial charge in [0, 0.05) is 10.1 Å². The van der Waals surface area contributed by atoms with Gasteiger partial charge in [0.25, 0.3) is 5.91 Å². The van der Waals surface area contributed by atoms with E-state index in [4.69, 9.17) is 0 Å². The summed E-state index contributed by atoms with van der Waals surface area (Å²) in [6, 6.07) is 7.86. The monoisotopic (exact) mass is 395 g/mol. The minimum Gasteiger partial charge on any atom is -0.351 e. The standard InChI is InChI=1S/C18H22INO/c19-16-4-2-1-3-15(16)17(21)20-11-18-8-12-5-13(9-18)7-14(6-12)10-18/h1-4,12-14H,5-11H2,(H,20,21). The Labute approximate surface area is 140 Å². The van der Waals surface area contributed by atoms with Crippen LogP contribution in [-0.2, 0) is 0 Å². The molecule has 4 fully saturated rings. The Morgan fingerprint density at radius 2 is 1.67 bits per heavy atom. The lowest BCUT2D eigenvalue weighted by molar-refractivity contribution is -0.0503. The number of hydrogen-bond donors (Lipinski definition) is 1. The number of carbonyl (C=O) groups excluding carboxylic acids is 1. The molecule has 1 aromatic carbocycles. The van der Waals surface area contributed by atoms with Gasteiger partial charge in [0.15, 0.2) is 0 Å². The third-order valence-electron chi connectivity index (χ3n) is 5.91. The fourth-order valence-electron chi connectivity index (χ4n) is 5.51. The van der Waals surface area contributed by atoms with Crippen molar-refractivity contribution in [3.05, 3.63) is 33.4 Å². The van der Waals surface area contributed by atoms with Crippen LogP contribution >= 0.6 is 22.6 Å². The summed E-state index contributed by atoms with van der Waals surface area (Å²) in [7, 11) is 0. The smallest absolute Gasteiger partial charge is 0.252 e. The van der Waals surface area contributed by atoms with Crippen LogP contribution in [0, 0.1) is 26.7 Å². The average molecular weight is 395 g/mol. The summed E-state index contributed by atoms with van der Waals surface area (Å²) in [6.07, 6.45) is 8.44. The van der Waals surface area contributed by atoms with E-state index in [0.29, 0.717) is 5.41 Å². The Balaban J connectivity index is 1.45. The second-order valence-corrected chi connectivity index (χ2v) is 8.74. The molecule has 0 aromatic heterocycles. The van der Waals surface area contributed by atoms with E-state index in [-0.39, 0.29) is 5.91 Å². The topological polar surface area (TPSA) is 29.1 Å². The Morgan fingerprint density at radius 3 is 2.24 bits per heavy atom. The van der Waals surface area contributed by atoms with Gasteiger partial charge in [0.2, 0.25) is 0 Å². The first-order valence-corrected chi connectivity index (χ1v) is 9.24. The molecule has 0 spiro atoms. The molecule has 0 saturated heterocycles. The molecule has 0 heterocycles. The molecule has 4 aliphatic rings. The number of benzene rings is 1. The molecule has 1 aromatic rings. The number of carbonyl (C=O) groups is 1. The highest BCUT2D eigenvalue weighted by Crippen LogP contribution is 2.59. The Hall–Kier alpha value is -0.580. The van der Waals surface area contributed by atoms with Crippen molar-refractivity contribution in [1.82, 2.24) is 5.32 Å². The first-order chi connectivity index (χ1) is 10.1. The summed E-state index contributed by atoms with van der Waals surface area (Å²) < 4.78 is 1.04. The molecule has 21 heavy (non-hydrogen) atoms. The van der Waals surface area contributed by atoms with E-state index in [1.165, 1.54) is 38.5 Å². The van der Waals surface area contributed by atoms with Gasteiger partial charge in [0.05, 0.1) is 5.56 Å². The fourth-order valence-corrected chi connectivity index (χ4v) is 6.15. The zero-order valence-corrected chi connectivity index (χ0v) is 14.4. The van der Waals surface area contributed by atoms with E-state index in [1.807, 2.05) is 24.3 Å². The highest BCUT2D eigenvalue weighted by atomic mass is 127. The molecule has 2 nitrogen and oxygen atoms in total. The van der Waals surface area contributed by atoms with Gasteiger partial charge in [-0.3, -0.25) is 4.79 Å². The Morgan fingerprint density at radius 1 is 1.10 bits per heavy atom. The third kappa shape index (κ3) is 2.62. The summed E-state index contributed by atoms with van der Waals surface area (Å²) in [5.41, 5.74) is 1.24. The summed E-state index contributed by atoms with van der Waals surface area (Å²) in [5, 5.41) is 3.25. The number of hydrogen-bond acceptors (Lipinski definition) is 1. The Kier molecular flexibility index (Phi) is 3.51. The van der Waals surface area contributed by atoms with Crippen molar-refractivity contribution in [3.63, 3.8) is 0 Å². The maximum absolute atomic E-state index is 12.4. The van der Waals surface area contributed by atoms with Gasteiger partial charge in [-0.25, -0.2) is 0 Å². The molecular weight excluding hydrogens is 373 g/mol. The summed E-state index contributed by atoms with van der Waals surface area (Å²) >= 11 is 2.25. The van der Waals surface area contributed by atoms with E-state index in [0.717, 1.165) is 33.4 Å². The van der Waals surface area contributed by atoms with Crippen LogP contribution in [0.5, 0.6) is 0 Å². The molecule has 0 radical (unpaired) electrons. The van der Waals surface area contributed by atoms with E-state index < -0.39 is 0 Å². The van der Waals surface area contributed by atoms with Crippen LogP contribution in [0.2, 0.25) is 0 Å². The minimum atomic E-state index is 0.107. The van der Waals surface area contributed by atoms with Crippen molar-refractivity contribution >= 4 is 28.5 Å². The first-order valence-electron chi connectivity index (χ1n) is 8.16. The number of halogens is 1. The third-order valence-corrected chi connectivity index (χ3v) is 6.85. The van der Waals surface area contributed by atoms with Crippen molar-refractivity contribution < 1.29 is 4.79 Å². The molecule has 4 saturated carbocycles. The molecule has 5 rings (SSSR count). The van der Waals surface area contributed by atoms with Crippen molar-refractivity contribution in [2.45, 2.75) is 38.5 Å². The van der Waals surface area contributed by atoms with Gasteiger partial charge < -0.3 is 5.32 Å². The lowest BCUT2D eigenvalue weighted by Gasteiger charge is -2.56. The van der Waals surface area contributed by atoms with E-state index >= 15 is 0 Å². The van der Waals surface area contributed by atoms with E-state index in [1.54, 1.807) is 0 Å². The van der Waals surface area contributed by atoms with Crippen molar-refractivity contribution in [1.29, 1.82) is 0 Å². The van der Waals surface area contributed by atoms with E-state index in [2.05, 4.69) is 27.9 Å². The molecule has 0 aliphatic heterocycles. The van der Waals surface area contributed by atoms with Crippen LogP contribution in [0.15, 0.2) is 24.3 Å². The fraction of sp³-hybridized carbons (Fsp3) is 0.611. The minimum absolute atomic E-state index is 0.107. The van der Waals surface area contributed by atoms with Crippen LogP contribution in [0.1, 0.15) is 48.9 Å². The van der Waals surface area contributed by atoms with Gasteiger partial charge in [-0.1, -0.05) is 12.1 Å². The largest absolute Gasteiger partial charge is 0.351 e. The van der Waals surface area contributed by atoms with Crippen molar-refractivity contribution in [2.24, 2.45) is 23.2 Å². The Bertz CT molecular complexity index is 533. The lowest BCUT2D eigenvalue weighted by atomic mass is 9.49. The van der Waals surface area contributed by atoms with Crippen LogP contribution in [0.3, 0.4) is 0 Å². The average Bonchev–Trinajstić information content (AvgIpc) is 2.44. The van der Waals surface area contributed by atoms with Crippen LogP contribution < -0.4 is 5.32 Å². The second-order valence-electron chi connectivity index (χ2n) is 7.58. The summed E-state index contributed by atoms with van der Waals surface area (Å²) in [6.45, 7) is 0.889. The van der Waals surface area contributed by atoms with Crippen molar-refractivity contribution in [3.8, 4) is 0 Å². The predicted octanol–water partition coefficient (Wildman–Crippen LogP) is 4.24. The molecule has 4 bridgehead atoms. The molecule has 3 heteroatoms. The zero-order chi connectivity index (χ0) is 14.4. The van der Waals surface area contributed by atoms with Crippen molar-refractivity contribution in [2.75, 3.05) is 6.54 Å². The molecular formula is C18H22INO. The van der Waals surface area contributed by atoms with Crippen LogP contribution in [0.25, 0.3) is 0 Å². The maximum Gasteiger partial charge on any atom is 0.252 e. The van der Waals surface area contributed by atoms with Crippen LogP contribution in [-0.4, -0.2) is 12.5 Å². The van der Waals surface area contributed by atoms with E-state index in [9.17, 15) is 4.79 Å². The maximum atomic E-state index is 12.4. The second kappa shape index (κ2) is 5.25. The quantitative estimate of drug-likeness (QED) is 0.763.